The Morgan fingerprint density at radius 3 is 3.25 bits per heavy atom. The molecule has 1 rings (SSSR count). The minimum atomic E-state index is 1.16. The van der Waals surface area contributed by atoms with E-state index in [0.717, 1.165) is 5.75 Å². The Labute approximate surface area is 58.4 Å². The maximum Gasteiger partial charge on any atom is 0.0436 e. The molecule has 0 unspecified atom stereocenters. The summed E-state index contributed by atoms with van der Waals surface area (Å²) in [5.41, 5.74) is 0. The van der Waals surface area contributed by atoms with Crippen LogP contribution in [0.5, 0.6) is 0 Å². The summed E-state index contributed by atoms with van der Waals surface area (Å²) in [4.78, 5) is 0. The van der Waals surface area contributed by atoms with E-state index in [9.17, 15) is 0 Å². The van der Waals surface area contributed by atoms with Crippen LogP contribution in [0.2, 0.25) is 0 Å². The van der Waals surface area contributed by atoms with Gasteiger partial charge in [-0.1, -0.05) is 18.2 Å². The van der Waals surface area contributed by atoms with E-state index >= 15 is 0 Å². The second-order valence-corrected chi connectivity index (χ2v) is 3.70. The zero-order chi connectivity index (χ0) is 5.66. The smallest absolute Gasteiger partial charge is 0.0436 e. The Hall–Kier alpha value is 0.180. The van der Waals surface area contributed by atoms with Gasteiger partial charge in [-0.2, -0.15) is 0 Å². The lowest BCUT2D eigenvalue weighted by Gasteiger charge is -1.94. The summed E-state index contributed by atoms with van der Waals surface area (Å²) >= 11 is 3.81. The monoisotopic (exact) mass is 144 g/mol. The lowest BCUT2D eigenvalue weighted by atomic mass is 10.5. The normalized spacial score (nSPS) is 20.0. The molecule has 0 radical (unpaired) electrons. The van der Waals surface area contributed by atoms with Gasteiger partial charge in [0.2, 0.25) is 0 Å². The van der Waals surface area contributed by atoms with E-state index in [0.29, 0.717) is 0 Å². The molecular weight excluding hydrogens is 136 g/mol. The van der Waals surface area contributed by atoms with Gasteiger partial charge in [-0.3, -0.25) is 0 Å². The first-order chi connectivity index (χ1) is 4.00. The molecule has 0 N–H and O–H groups in total. The van der Waals surface area contributed by atoms with Crippen molar-refractivity contribution in [1.82, 2.24) is 0 Å². The fourth-order valence-electron chi connectivity index (χ4n) is 0.439. The van der Waals surface area contributed by atoms with Gasteiger partial charge in [-0.05, 0) is 5.41 Å². The topological polar surface area (TPSA) is 0 Å². The van der Waals surface area contributed by atoms with E-state index < -0.39 is 0 Å². The third-order valence-corrected chi connectivity index (χ3v) is 2.78. The second-order valence-electron chi connectivity index (χ2n) is 1.41. The van der Waals surface area contributed by atoms with E-state index in [1.165, 1.54) is 5.08 Å². The quantitative estimate of drug-likeness (QED) is 0.512. The van der Waals surface area contributed by atoms with E-state index in [4.69, 9.17) is 0 Å². The number of thioether (sulfide) groups is 2. The van der Waals surface area contributed by atoms with Crippen molar-refractivity contribution in [3.05, 3.63) is 23.6 Å². The van der Waals surface area contributed by atoms with Crippen LogP contribution in [0.3, 0.4) is 0 Å². The molecule has 0 fully saturated rings. The molecule has 0 aromatic carbocycles. The van der Waals surface area contributed by atoms with Crippen LogP contribution >= 0.6 is 23.5 Å². The molecule has 44 valence electrons. The number of hydrogen-bond donors (Lipinski definition) is 0. The lowest BCUT2D eigenvalue weighted by Crippen LogP contribution is -1.73. The first-order valence-electron chi connectivity index (χ1n) is 2.51. The standard InChI is InChI=1S/C6H8S2/c1-2-4-7-6-8-5-3-1/h1-4H,5-6H2. The summed E-state index contributed by atoms with van der Waals surface area (Å²) in [6.07, 6.45) is 6.37. The Bertz CT molecular complexity index is 91.1. The molecule has 1 aliphatic rings. The third kappa shape index (κ3) is 2.48. The zero-order valence-corrected chi connectivity index (χ0v) is 6.17. The molecule has 1 aliphatic heterocycles. The summed E-state index contributed by atoms with van der Waals surface area (Å²) in [6.45, 7) is 0. The molecule has 0 bridgehead atoms. The molecular formula is C6H8S2. The Morgan fingerprint density at radius 2 is 2.25 bits per heavy atom. The number of allylic oxidation sites excluding steroid dienone is 2. The van der Waals surface area contributed by atoms with Crippen LogP contribution in [0, 0.1) is 0 Å². The highest BCUT2D eigenvalue weighted by molar-refractivity contribution is 8.17. The van der Waals surface area contributed by atoms with E-state index in [-0.39, 0.29) is 0 Å². The lowest BCUT2D eigenvalue weighted by molar-refractivity contribution is 1.75. The minimum Gasteiger partial charge on any atom is -0.147 e. The Kier molecular flexibility index (Phi) is 3.23. The predicted octanol–water partition coefficient (Wildman–Crippen LogP) is 2.49. The molecule has 0 atom stereocenters. The molecule has 0 aromatic rings. The van der Waals surface area contributed by atoms with Crippen molar-refractivity contribution in [2.45, 2.75) is 0 Å². The first-order valence-corrected chi connectivity index (χ1v) is 4.71. The predicted molar refractivity (Wildman–Crippen MR) is 43.2 cm³/mol. The van der Waals surface area contributed by atoms with Gasteiger partial charge >= 0.3 is 0 Å². The molecule has 0 saturated carbocycles. The van der Waals surface area contributed by atoms with E-state index in [2.05, 4.69) is 23.6 Å². The van der Waals surface area contributed by atoms with Gasteiger partial charge in [-0.15, -0.1) is 23.5 Å². The van der Waals surface area contributed by atoms with Crippen LogP contribution in [0.4, 0.5) is 0 Å². The fraction of sp³-hybridized carbons (Fsp3) is 0.333. The van der Waals surface area contributed by atoms with Crippen molar-refractivity contribution in [2.75, 3.05) is 10.8 Å². The Balaban J connectivity index is 2.33. The average molecular weight is 144 g/mol. The van der Waals surface area contributed by atoms with Gasteiger partial charge in [-0.25, -0.2) is 0 Å². The Morgan fingerprint density at radius 1 is 1.25 bits per heavy atom. The van der Waals surface area contributed by atoms with Gasteiger partial charge in [0, 0.05) is 10.8 Å². The summed E-state index contributed by atoms with van der Waals surface area (Å²) in [5.74, 6) is 1.16. The molecule has 0 aliphatic carbocycles. The molecule has 2 heteroatoms. The van der Waals surface area contributed by atoms with Gasteiger partial charge in [0.05, 0.1) is 0 Å². The van der Waals surface area contributed by atoms with Gasteiger partial charge < -0.3 is 0 Å². The second kappa shape index (κ2) is 4.10. The van der Waals surface area contributed by atoms with Crippen LogP contribution in [0.1, 0.15) is 0 Å². The molecule has 8 heavy (non-hydrogen) atoms. The van der Waals surface area contributed by atoms with Crippen molar-refractivity contribution < 1.29 is 0 Å². The average Bonchev–Trinajstić information content (AvgIpc) is 1.62. The van der Waals surface area contributed by atoms with Crippen LogP contribution < -0.4 is 0 Å². The van der Waals surface area contributed by atoms with Crippen molar-refractivity contribution in [3.8, 4) is 0 Å². The van der Waals surface area contributed by atoms with E-state index in [1.807, 2.05) is 23.5 Å². The highest BCUT2D eigenvalue weighted by Gasteiger charge is 1.84. The van der Waals surface area contributed by atoms with Crippen molar-refractivity contribution in [1.29, 1.82) is 0 Å². The van der Waals surface area contributed by atoms with Gasteiger partial charge in [0.15, 0.2) is 0 Å². The van der Waals surface area contributed by atoms with Crippen LogP contribution in [0.25, 0.3) is 0 Å². The van der Waals surface area contributed by atoms with Crippen molar-refractivity contribution in [3.63, 3.8) is 0 Å². The van der Waals surface area contributed by atoms with Crippen molar-refractivity contribution >= 4 is 23.5 Å². The van der Waals surface area contributed by atoms with Crippen LogP contribution in [-0.2, 0) is 0 Å². The number of hydrogen-bond acceptors (Lipinski definition) is 2. The molecule has 0 saturated heterocycles. The minimum absolute atomic E-state index is 1.16. The largest absolute Gasteiger partial charge is 0.147 e. The van der Waals surface area contributed by atoms with Crippen LogP contribution in [-0.4, -0.2) is 10.8 Å². The van der Waals surface area contributed by atoms with Gasteiger partial charge in [0.25, 0.3) is 0 Å². The zero-order valence-electron chi connectivity index (χ0n) is 4.54. The molecule has 0 nitrogen and oxygen atoms in total. The summed E-state index contributed by atoms with van der Waals surface area (Å²) in [6, 6.07) is 0. The molecule has 0 aromatic heterocycles. The highest BCUT2D eigenvalue weighted by atomic mass is 32.2. The summed E-state index contributed by atoms with van der Waals surface area (Å²) in [5, 5.41) is 3.32. The summed E-state index contributed by atoms with van der Waals surface area (Å²) in [7, 11) is 0. The summed E-state index contributed by atoms with van der Waals surface area (Å²) < 4.78 is 0. The maximum atomic E-state index is 2.18. The highest BCUT2D eigenvalue weighted by Crippen LogP contribution is 2.14. The number of rotatable bonds is 0. The van der Waals surface area contributed by atoms with Crippen molar-refractivity contribution in [2.24, 2.45) is 0 Å². The SMILES string of the molecule is C1=CCSCSC=C1. The third-order valence-electron chi connectivity index (χ3n) is 0.787. The fourth-order valence-corrected chi connectivity index (χ4v) is 1.97. The first kappa shape index (κ1) is 6.30. The molecule has 1 heterocycles. The molecule has 0 amide bonds. The van der Waals surface area contributed by atoms with E-state index in [1.54, 1.807) is 0 Å². The van der Waals surface area contributed by atoms with Gasteiger partial charge in [0.1, 0.15) is 0 Å². The molecule has 0 spiro atoms. The van der Waals surface area contributed by atoms with Crippen LogP contribution in [0.15, 0.2) is 23.6 Å². The maximum absolute atomic E-state index is 2.18.